The molecule has 0 atom stereocenters. The molecule has 1 saturated heterocycles. The Hall–Kier alpha value is -1.10. The molecule has 0 radical (unpaired) electrons. The number of carbonyl (C=O) groups excluding carboxylic acids is 1. The van der Waals surface area contributed by atoms with Crippen LogP contribution in [0.1, 0.15) is 12.5 Å². The Labute approximate surface area is 189 Å². The first-order valence-corrected chi connectivity index (χ1v) is 9.76. The SMILES string of the molecule is CCNC(=NCC(=O)NCCOC)N1CCN(Cc2ccc(Cl)cc2)CC1.I. The molecule has 1 aliphatic rings. The van der Waals surface area contributed by atoms with Gasteiger partial charge in [0.25, 0.3) is 0 Å². The topological polar surface area (TPSA) is 69.2 Å². The molecule has 1 amide bonds. The van der Waals surface area contributed by atoms with E-state index in [1.165, 1.54) is 5.56 Å². The molecule has 0 spiro atoms. The predicted molar refractivity (Wildman–Crippen MR) is 125 cm³/mol. The number of nitrogens with one attached hydrogen (secondary N) is 2. The van der Waals surface area contributed by atoms with Gasteiger partial charge in [-0.2, -0.15) is 0 Å². The Morgan fingerprint density at radius 2 is 1.86 bits per heavy atom. The van der Waals surface area contributed by atoms with E-state index in [1.807, 2.05) is 19.1 Å². The first kappa shape index (κ1) is 24.9. The zero-order valence-electron chi connectivity index (χ0n) is 16.6. The van der Waals surface area contributed by atoms with Crippen LogP contribution in [0.15, 0.2) is 29.3 Å². The van der Waals surface area contributed by atoms with E-state index in [9.17, 15) is 4.79 Å². The lowest BCUT2D eigenvalue weighted by Crippen LogP contribution is -2.52. The second kappa shape index (κ2) is 14.0. The third-order valence-corrected chi connectivity index (χ3v) is 4.58. The molecule has 1 aromatic carbocycles. The average Bonchev–Trinajstić information content (AvgIpc) is 2.68. The maximum atomic E-state index is 11.9. The van der Waals surface area contributed by atoms with Crippen LogP contribution < -0.4 is 10.6 Å². The molecule has 1 aromatic rings. The van der Waals surface area contributed by atoms with Crippen LogP contribution in [0.5, 0.6) is 0 Å². The van der Waals surface area contributed by atoms with Crippen LogP contribution in [0, 0.1) is 0 Å². The van der Waals surface area contributed by atoms with Crippen molar-refractivity contribution in [1.29, 1.82) is 0 Å². The van der Waals surface area contributed by atoms with E-state index in [2.05, 4.69) is 37.6 Å². The standard InChI is InChI=1S/C19H30ClN5O2.HI/c1-3-21-19(23-14-18(26)22-8-13-27-2)25-11-9-24(10-12-25)15-16-4-6-17(20)7-5-16;/h4-7H,3,8-15H2,1-2H3,(H,21,23)(H,22,26);1H. The summed E-state index contributed by atoms with van der Waals surface area (Å²) < 4.78 is 4.93. The fraction of sp³-hybridized carbons (Fsp3) is 0.579. The molecule has 0 saturated carbocycles. The highest BCUT2D eigenvalue weighted by Crippen LogP contribution is 2.13. The van der Waals surface area contributed by atoms with Gasteiger partial charge in [-0.25, -0.2) is 4.99 Å². The summed E-state index contributed by atoms with van der Waals surface area (Å²) in [6.45, 7) is 8.52. The van der Waals surface area contributed by atoms with Crippen molar-refractivity contribution >= 4 is 47.4 Å². The second-order valence-corrected chi connectivity index (χ2v) is 6.84. The fourth-order valence-electron chi connectivity index (χ4n) is 2.89. The molecule has 1 aliphatic heterocycles. The van der Waals surface area contributed by atoms with Crippen LogP contribution in [0.2, 0.25) is 5.02 Å². The van der Waals surface area contributed by atoms with Gasteiger partial charge in [0.15, 0.2) is 5.96 Å². The minimum atomic E-state index is -0.0937. The number of halogens is 2. The van der Waals surface area contributed by atoms with Gasteiger partial charge < -0.3 is 20.3 Å². The van der Waals surface area contributed by atoms with Gasteiger partial charge in [-0.1, -0.05) is 23.7 Å². The van der Waals surface area contributed by atoms with E-state index in [4.69, 9.17) is 16.3 Å². The van der Waals surface area contributed by atoms with Gasteiger partial charge in [0.05, 0.1) is 6.61 Å². The van der Waals surface area contributed by atoms with E-state index in [0.29, 0.717) is 13.2 Å². The summed E-state index contributed by atoms with van der Waals surface area (Å²) in [7, 11) is 1.61. The third-order valence-electron chi connectivity index (χ3n) is 4.33. The van der Waals surface area contributed by atoms with Gasteiger partial charge in [-0.05, 0) is 24.6 Å². The molecule has 2 N–H and O–H groups in total. The number of nitrogens with zero attached hydrogens (tertiary/aromatic N) is 3. The molecule has 0 unspecified atom stereocenters. The lowest BCUT2D eigenvalue weighted by Gasteiger charge is -2.36. The number of amides is 1. The van der Waals surface area contributed by atoms with Gasteiger partial charge >= 0.3 is 0 Å². The summed E-state index contributed by atoms with van der Waals surface area (Å²) >= 11 is 5.95. The Morgan fingerprint density at radius 1 is 1.18 bits per heavy atom. The van der Waals surface area contributed by atoms with Crippen molar-refractivity contribution in [3.63, 3.8) is 0 Å². The summed E-state index contributed by atoms with van der Waals surface area (Å²) in [6.07, 6.45) is 0. The number of piperazine rings is 1. The van der Waals surface area contributed by atoms with Crippen LogP contribution in [-0.4, -0.2) is 81.2 Å². The normalized spacial score (nSPS) is 15.1. The van der Waals surface area contributed by atoms with Crippen molar-refractivity contribution in [3.05, 3.63) is 34.9 Å². The average molecular weight is 524 g/mol. The molecule has 1 heterocycles. The number of guanidine groups is 1. The number of benzene rings is 1. The van der Waals surface area contributed by atoms with Crippen molar-refractivity contribution in [1.82, 2.24) is 20.4 Å². The third kappa shape index (κ3) is 8.93. The highest BCUT2D eigenvalue weighted by molar-refractivity contribution is 14.0. The van der Waals surface area contributed by atoms with Gasteiger partial charge in [-0.15, -0.1) is 24.0 Å². The zero-order valence-corrected chi connectivity index (χ0v) is 19.7. The lowest BCUT2D eigenvalue weighted by atomic mass is 10.2. The van der Waals surface area contributed by atoms with E-state index < -0.39 is 0 Å². The summed E-state index contributed by atoms with van der Waals surface area (Å²) in [5, 5.41) is 6.84. The molecule has 9 heteroatoms. The Morgan fingerprint density at radius 3 is 2.46 bits per heavy atom. The van der Waals surface area contributed by atoms with E-state index in [1.54, 1.807) is 7.11 Å². The predicted octanol–water partition coefficient (Wildman–Crippen LogP) is 1.80. The number of rotatable bonds is 8. The number of methoxy groups -OCH3 is 1. The molecule has 158 valence electrons. The number of carbonyl (C=O) groups is 1. The molecule has 1 fully saturated rings. The molecule has 0 bridgehead atoms. The van der Waals surface area contributed by atoms with Crippen molar-refractivity contribution in [2.24, 2.45) is 4.99 Å². The highest BCUT2D eigenvalue weighted by Gasteiger charge is 2.19. The quantitative estimate of drug-likeness (QED) is 0.235. The van der Waals surface area contributed by atoms with Crippen molar-refractivity contribution in [3.8, 4) is 0 Å². The summed E-state index contributed by atoms with van der Waals surface area (Å²) in [5.41, 5.74) is 1.26. The largest absolute Gasteiger partial charge is 0.383 e. The van der Waals surface area contributed by atoms with Gasteiger partial charge in [-0.3, -0.25) is 9.69 Å². The second-order valence-electron chi connectivity index (χ2n) is 6.40. The van der Waals surface area contributed by atoms with E-state index in [-0.39, 0.29) is 36.4 Å². The molecular formula is C19H31ClIN5O2. The van der Waals surface area contributed by atoms with Gasteiger partial charge in [0.2, 0.25) is 5.91 Å². The molecule has 28 heavy (non-hydrogen) atoms. The van der Waals surface area contributed by atoms with E-state index in [0.717, 1.165) is 50.3 Å². The van der Waals surface area contributed by atoms with Crippen molar-refractivity contribution in [2.45, 2.75) is 13.5 Å². The van der Waals surface area contributed by atoms with Gasteiger partial charge in [0, 0.05) is 57.9 Å². The monoisotopic (exact) mass is 523 g/mol. The molecule has 0 aromatic heterocycles. The number of aliphatic imine (C=N–C) groups is 1. The van der Waals surface area contributed by atoms with Crippen LogP contribution in [0.4, 0.5) is 0 Å². The summed E-state index contributed by atoms with van der Waals surface area (Å²) in [6, 6.07) is 8.01. The molecular weight excluding hydrogens is 493 g/mol. The highest BCUT2D eigenvalue weighted by atomic mass is 127. The Kier molecular flexibility index (Phi) is 12.4. The van der Waals surface area contributed by atoms with Crippen molar-refractivity contribution in [2.75, 3.05) is 59.5 Å². The van der Waals surface area contributed by atoms with Crippen LogP contribution in [0.3, 0.4) is 0 Å². The smallest absolute Gasteiger partial charge is 0.241 e. The number of hydrogen-bond donors (Lipinski definition) is 2. The minimum absolute atomic E-state index is 0. The number of ether oxygens (including phenoxy) is 1. The molecule has 0 aliphatic carbocycles. The first-order chi connectivity index (χ1) is 13.1. The van der Waals surface area contributed by atoms with Crippen LogP contribution >= 0.6 is 35.6 Å². The van der Waals surface area contributed by atoms with Crippen LogP contribution in [0.25, 0.3) is 0 Å². The van der Waals surface area contributed by atoms with Crippen molar-refractivity contribution < 1.29 is 9.53 Å². The maximum Gasteiger partial charge on any atom is 0.241 e. The van der Waals surface area contributed by atoms with Gasteiger partial charge in [0.1, 0.15) is 6.54 Å². The maximum absolute atomic E-state index is 11.9. The lowest BCUT2D eigenvalue weighted by molar-refractivity contribution is -0.119. The minimum Gasteiger partial charge on any atom is -0.383 e. The molecule has 7 nitrogen and oxygen atoms in total. The molecule has 2 rings (SSSR count). The Bertz CT molecular complexity index is 607. The Balaban J connectivity index is 0.00000392. The van der Waals surface area contributed by atoms with E-state index >= 15 is 0 Å². The summed E-state index contributed by atoms with van der Waals surface area (Å²) in [4.78, 5) is 21.0. The fourth-order valence-corrected chi connectivity index (χ4v) is 3.01. The summed E-state index contributed by atoms with van der Waals surface area (Å²) in [5.74, 6) is 0.703. The zero-order chi connectivity index (χ0) is 19.5. The van der Waals surface area contributed by atoms with Crippen LogP contribution in [-0.2, 0) is 16.1 Å². The first-order valence-electron chi connectivity index (χ1n) is 9.38. The number of hydrogen-bond acceptors (Lipinski definition) is 4.